The summed E-state index contributed by atoms with van der Waals surface area (Å²) in [7, 11) is 0. The number of nitrogens with zero attached hydrogens (tertiary/aromatic N) is 5. The number of hydrogen-bond acceptors (Lipinski definition) is 6. The number of aryl methyl sites for hydroxylation is 1. The molecule has 3 heterocycles. The molecule has 8 heteroatoms. The Morgan fingerprint density at radius 1 is 1.03 bits per heavy atom. The first-order chi connectivity index (χ1) is 14.1. The van der Waals surface area contributed by atoms with Crippen molar-refractivity contribution in [3.05, 3.63) is 47.6 Å². The Morgan fingerprint density at radius 2 is 1.72 bits per heavy atom. The zero-order valence-electron chi connectivity index (χ0n) is 16.9. The summed E-state index contributed by atoms with van der Waals surface area (Å²) in [6.45, 7) is 9.30. The fraction of sp³-hybridized carbons (Fsp3) is 0.524. The second-order valence-electron chi connectivity index (χ2n) is 7.81. The van der Waals surface area contributed by atoms with Gasteiger partial charge in [0.2, 0.25) is 5.91 Å². The number of halogens is 1. The molecule has 1 amide bonds. The number of carbonyl (C=O) groups is 1. The quantitative estimate of drug-likeness (QED) is 0.759. The van der Waals surface area contributed by atoms with E-state index in [0.29, 0.717) is 38.4 Å². The minimum Gasteiger partial charge on any atom is -0.366 e. The lowest BCUT2D eigenvalue weighted by atomic mass is 10.2. The molecule has 0 saturated carbocycles. The highest BCUT2D eigenvalue weighted by Crippen LogP contribution is 2.20. The first kappa shape index (κ1) is 19.8. The predicted molar refractivity (Wildman–Crippen MR) is 108 cm³/mol. The van der Waals surface area contributed by atoms with Crippen LogP contribution in [0.1, 0.15) is 11.5 Å². The third-order valence-electron chi connectivity index (χ3n) is 5.71. The van der Waals surface area contributed by atoms with Gasteiger partial charge in [-0.15, -0.1) is 0 Å². The number of hydrogen-bond donors (Lipinski definition) is 0. The van der Waals surface area contributed by atoms with E-state index < -0.39 is 0 Å². The van der Waals surface area contributed by atoms with E-state index in [-0.39, 0.29) is 11.7 Å². The molecule has 0 unspecified atom stereocenters. The van der Waals surface area contributed by atoms with Gasteiger partial charge < -0.3 is 14.3 Å². The smallest absolute Gasteiger partial charge is 0.236 e. The molecule has 2 aromatic rings. The van der Waals surface area contributed by atoms with Gasteiger partial charge in [0.25, 0.3) is 0 Å². The number of aromatic nitrogens is 1. The average molecular weight is 401 g/mol. The minimum absolute atomic E-state index is 0.164. The van der Waals surface area contributed by atoms with Crippen LogP contribution in [-0.4, -0.2) is 84.7 Å². The van der Waals surface area contributed by atoms with Crippen LogP contribution in [0, 0.1) is 12.7 Å². The van der Waals surface area contributed by atoms with E-state index in [9.17, 15) is 9.18 Å². The van der Waals surface area contributed by atoms with Gasteiger partial charge in [-0.25, -0.2) is 4.39 Å². The van der Waals surface area contributed by atoms with E-state index in [0.717, 1.165) is 44.2 Å². The van der Waals surface area contributed by atoms with Crippen LogP contribution in [0.15, 0.2) is 34.9 Å². The van der Waals surface area contributed by atoms with Gasteiger partial charge >= 0.3 is 0 Å². The van der Waals surface area contributed by atoms with Crippen LogP contribution in [-0.2, 0) is 11.3 Å². The SMILES string of the molecule is Cc1cc(CN2CCN(CC(=O)N3CCN(c4ccccc4F)CC3)CC2)on1. The minimum atomic E-state index is -0.203. The molecule has 29 heavy (non-hydrogen) atoms. The largest absolute Gasteiger partial charge is 0.366 e. The normalized spacial score (nSPS) is 19.0. The summed E-state index contributed by atoms with van der Waals surface area (Å²) in [5, 5.41) is 3.93. The molecule has 1 aromatic carbocycles. The standard InChI is InChI=1S/C21H28FN5O2/c1-17-14-18(29-23-17)15-24-6-8-25(9-7-24)16-21(28)27-12-10-26(11-13-27)20-5-3-2-4-19(20)22/h2-5,14H,6-13,15-16H2,1H3. The topological polar surface area (TPSA) is 56.1 Å². The van der Waals surface area contributed by atoms with Crippen molar-refractivity contribution in [1.29, 1.82) is 0 Å². The Morgan fingerprint density at radius 3 is 2.38 bits per heavy atom. The number of anilines is 1. The van der Waals surface area contributed by atoms with E-state index in [1.165, 1.54) is 6.07 Å². The highest BCUT2D eigenvalue weighted by molar-refractivity contribution is 5.78. The predicted octanol–water partition coefficient (Wildman–Crippen LogP) is 1.59. The van der Waals surface area contributed by atoms with Crippen molar-refractivity contribution < 1.29 is 13.7 Å². The molecule has 156 valence electrons. The first-order valence-corrected chi connectivity index (χ1v) is 10.2. The molecule has 0 aliphatic carbocycles. The Labute approximate surface area is 170 Å². The monoisotopic (exact) mass is 401 g/mol. The van der Waals surface area contributed by atoms with Crippen LogP contribution in [0.2, 0.25) is 0 Å². The Balaban J connectivity index is 1.20. The second-order valence-corrected chi connectivity index (χ2v) is 7.81. The van der Waals surface area contributed by atoms with E-state index in [1.807, 2.05) is 28.9 Å². The molecular weight excluding hydrogens is 373 g/mol. The molecule has 2 fully saturated rings. The Kier molecular flexibility index (Phi) is 6.10. The Hall–Kier alpha value is -2.45. The maximum atomic E-state index is 14.0. The summed E-state index contributed by atoms with van der Waals surface area (Å²) < 4.78 is 19.3. The van der Waals surface area contributed by atoms with Gasteiger partial charge in [0.1, 0.15) is 5.82 Å². The summed E-state index contributed by atoms with van der Waals surface area (Å²) >= 11 is 0. The highest BCUT2D eigenvalue weighted by Gasteiger charge is 2.25. The lowest BCUT2D eigenvalue weighted by Gasteiger charge is -2.38. The number of benzene rings is 1. The van der Waals surface area contributed by atoms with Gasteiger partial charge in [-0.1, -0.05) is 17.3 Å². The molecule has 0 bridgehead atoms. The lowest BCUT2D eigenvalue weighted by Crippen LogP contribution is -2.53. The van der Waals surface area contributed by atoms with Crippen molar-refractivity contribution in [1.82, 2.24) is 19.9 Å². The molecule has 0 spiro atoms. The molecule has 1 aromatic heterocycles. The molecule has 2 aliphatic heterocycles. The third-order valence-corrected chi connectivity index (χ3v) is 5.71. The summed E-state index contributed by atoms with van der Waals surface area (Å²) in [5.74, 6) is 0.850. The second kappa shape index (κ2) is 8.92. The molecule has 2 aliphatic rings. The van der Waals surface area contributed by atoms with Gasteiger partial charge in [0.15, 0.2) is 5.76 Å². The van der Waals surface area contributed by atoms with E-state index in [2.05, 4.69) is 15.0 Å². The summed E-state index contributed by atoms with van der Waals surface area (Å²) in [6, 6.07) is 8.80. The van der Waals surface area contributed by atoms with Gasteiger partial charge in [0.05, 0.1) is 24.5 Å². The van der Waals surface area contributed by atoms with Crippen molar-refractivity contribution in [3.8, 4) is 0 Å². The molecule has 0 radical (unpaired) electrons. The molecule has 0 N–H and O–H groups in total. The molecule has 4 rings (SSSR count). The first-order valence-electron chi connectivity index (χ1n) is 10.2. The molecule has 7 nitrogen and oxygen atoms in total. The number of amides is 1. The van der Waals surface area contributed by atoms with Gasteiger partial charge in [0, 0.05) is 58.4 Å². The van der Waals surface area contributed by atoms with Crippen molar-refractivity contribution in [2.75, 3.05) is 63.8 Å². The van der Waals surface area contributed by atoms with Crippen molar-refractivity contribution >= 4 is 11.6 Å². The summed E-state index contributed by atoms with van der Waals surface area (Å²) in [5.41, 5.74) is 1.53. The van der Waals surface area contributed by atoms with E-state index >= 15 is 0 Å². The maximum absolute atomic E-state index is 14.0. The maximum Gasteiger partial charge on any atom is 0.236 e. The van der Waals surface area contributed by atoms with Crippen molar-refractivity contribution in [3.63, 3.8) is 0 Å². The van der Waals surface area contributed by atoms with E-state index in [4.69, 9.17) is 4.52 Å². The molecule has 2 saturated heterocycles. The zero-order chi connectivity index (χ0) is 20.2. The van der Waals surface area contributed by atoms with Gasteiger partial charge in [-0.3, -0.25) is 14.6 Å². The van der Waals surface area contributed by atoms with Gasteiger partial charge in [-0.2, -0.15) is 0 Å². The number of rotatable bonds is 5. The Bertz CT molecular complexity index is 826. The van der Waals surface area contributed by atoms with Crippen LogP contribution in [0.4, 0.5) is 10.1 Å². The molecular formula is C21H28FN5O2. The van der Waals surface area contributed by atoms with E-state index in [1.54, 1.807) is 12.1 Å². The molecule has 0 atom stereocenters. The van der Waals surface area contributed by atoms with Crippen LogP contribution >= 0.6 is 0 Å². The summed E-state index contributed by atoms with van der Waals surface area (Å²) in [6.07, 6.45) is 0. The van der Waals surface area contributed by atoms with Crippen LogP contribution in [0.5, 0.6) is 0 Å². The van der Waals surface area contributed by atoms with Crippen LogP contribution in [0.3, 0.4) is 0 Å². The van der Waals surface area contributed by atoms with Crippen molar-refractivity contribution in [2.45, 2.75) is 13.5 Å². The number of piperazine rings is 2. The number of para-hydroxylation sites is 1. The fourth-order valence-electron chi connectivity index (χ4n) is 4.01. The van der Waals surface area contributed by atoms with Crippen LogP contribution in [0.25, 0.3) is 0 Å². The highest BCUT2D eigenvalue weighted by atomic mass is 19.1. The van der Waals surface area contributed by atoms with Crippen LogP contribution < -0.4 is 4.90 Å². The average Bonchev–Trinajstić information content (AvgIpc) is 3.14. The van der Waals surface area contributed by atoms with Crippen molar-refractivity contribution in [2.24, 2.45) is 0 Å². The number of carbonyl (C=O) groups excluding carboxylic acids is 1. The van der Waals surface area contributed by atoms with Gasteiger partial charge in [-0.05, 0) is 19.1 Å². The lowest BCUT2D eigenvalue weighted by molar-refractivity contribution is -0.133. The zero-order valence-corrected chi connectivity index (χ0v) is 16.9. The third kappa shape index (κ3) is 4.94. The summed E-state index contributed by atoms with van der Waals surface area (Å²) in [4.78, 5) is 21.2. The fourth-order valence-corrected chi connectivity index (χ4v) is 4.01.